The maximum absolute atomic E-state index is 13.8. The number of amides is 1. The first-order valence-corrected chi connectivity index (χ1v) is 8.39. The molecule has 0 saturated carbocycles. The third-order valence-electron chi connectivity index (χ3n) is 4.60. The van der Waals surface area contributed by atoms with Gasteiger partial charge in [-0.2, -0.15) is 5.26 Å². The molecule has 0 unspecified atom stereocenters. The molecule has 1 aliphatic heterocycles. The van der Waals surface area contributed by atoms with Crippen molar-refractivity contribution in [3.63, 3.8) is 0 Å². The van der Waals surface area contributed by atoms with Crippen molar-refractivity contribution in [2.45, 2.75) is 31.3 Å². The fourth-order valence-electron chi connectivity index (χ4n) is 3.23. The first-order valence-electron chi connectivity index (χ1n) is 8.39. The van der Waals surface area contributed by atoms with Crippen LogP contribution in [0, 0.1) is 17.1 Å². The van der Waals surface area contributed by atoms with E-state index in [4.69, 9.17) is 11.0 Å². The van der Waals surface area contributed by atoms with Crippen molar-refractivity contribution in [2.75, 3.05) is 6.54 Å². The van der Waals surface area contributed by atoms with Crippen molar-refractivity contribution in [1.29, 1.82) is 5.26 Å². The Hall–Kier alpha value is -2.71. The number of nitrogens with zero attached hydrogens (tertiary/aromatic N) is 2. The smallest absolute Gasteiger partial charge is 0.240 e. The molecule has 25 heavy (non-hydrogen) atoms. The molecule has 0 spiro atoms. The number of hydrogen-bond donors (Lipinski definition) is 1. The molecule has 2 aromatic carbocycles. The van der Waals surface area contributed by atoms with E-state index in [0.29, 0.717) is 24.9 Å². The number of likely N-dealkylation sites (tertiary alicyclic amines) is 1. The Bertz CT molecular complexity index is 797. The van der Waals surface area contributed by atoms with Gasteiger partial charge in [0.2, 0.25) is 5.91 Å². The van der Waals surface area contributed by atoms with Crippen LogP contribution in [-0.2, 0) is 11.2 Å². The Kier molecular flexibility index (Phi) is 5.11. The summed E-state index contributed by atoms with van der Waals surface area (Å²) < 4.78 is 13.8. The minimum atomic E-state index is -0.673. The van der Waals surface area contributed by atoms with E-state index in [2.05, 4.69) is 6.07 Å². The zero-order chi connectivity index (χ0) is 17.8. The second-order valence-electron chi connectivity index (χ2n) is 6.31. The maximum atomic E-state index is 13.8. The largest absolute Gasteiger partial charge is 0.325 e. The third-order valence-corrected chi connectivity index (χ3v) is 4.60. The molecule has 3 rings (SSSR count). The molecule has 1 aliphatic rings. The average Bonchev–Trinajstić information content (AvgIpc) is 3.11. The maximum Gasteiger partial charge on any atom is 0.240 e. The number of benzene rings is 2. The van der Waals surface area contributed by atoms with Gasteiger partial charge in [0.15, 0.2) is 0 Å². The molecule has 5 heteroatoms. The molecule has 2 N–H and O–H groups in total. The van der Waals surface area contributed by atoms with E-state index in [-0.39, 0.29) is 17.8 Å². The minimum Gasteiger partial charge on any atom is -0.325 e. The second-order valence-corrected chi connectivity index (χ2v) is 6.31. The predicted molar refractivity (Wildman–Crippen MR) is 93.9 cm³/mol. The highest BCUT2D eigenvalue weighted by Crippen LogP contribution is 2.23. The molecule has 0 aliphatic carbocycles. The van der Waals surface area contributed by atoms with Gasteiger partial charge in [-0.25, -0.2) is 4.39 Å². The predicted octanol–water partition coefficient (Wildman–Crippen LogP) is 2.88. The quantitative estimate of drug-likeness (QED) is 0.932. The number of carbonyl (C=O) groups excluding carboxylic acids is 1. The van der Waals surface area contributed by atoms with E-state index in [1.807, 2.05) is 24.3 Å². The molecule has 1 amide bonds. The van der Waals surface area contributed by atoms with Gasteiger partial charge in [0.25, 0.3) is 0 Å². The topological polar surface area (TPSA) is 70.1 Å². The highest BCUT2D eigenvalue weighted by molar-refractivity contribution is 5.83. The lowest BCUT2D eigenvalue weighted by atomic mass is 10.00. The molecule has 0 radical (unpaired) electrons. The van der Waals surface area contributed by atoms with Gasteiger partial charge >= 0.3 is 0 Å². The standard InChI is InChI=1S/C20H20FN3O/c21-18-6-2-1-5-17(18)15-9-7-14(8-10-15)12-19(23)20(25)24-11-3-4-16(24)13-22/h1-2,5-10,16,19H,3-4,11-12,23H2/t16-,19-/m0/s1. The fraction of sp³-hybridized carbons (Fsp3) is 0.300. The van der Waals surface area contributed by atoms with Crippen LogP contribution >= 0.6 is 0 Å². The Morgan fingerprint density at radius 3 is 2.68 bits per heavy atom. The van der Waals surface area contributed by atoms with Crippen LogP contribution in [0.1, 0.15) is 18.4 Å². The lowest BCUT2D eigenvalue weighted by Gasteiger charge is -2.23. The highest BCUT2D eigenvalue weighted by atomic mass is 19.1. The average molecular weight is 337 g/mol. The molecular formula is C20H20FN3O. The van der Waals surface area contributed by atoms with Crippen LogP contribution in [-0.4, -0.2) is 29.4 Å². The summed E-state index contributed by atoms with van der Waals surface area (Å²) >= 11 is 0. The summed E-state index contributed by atoms with van der Waals surface area (Å²) in [6.45, 7) is 0.594. The first kappa shape index (κ1) is 17.1. The van der Waals surface area contributed by atoms with E-state index in [1.165, 1.54) is 6.07 Å². The number of rotatable bonds is 4. The Morgan fingerprint density at radius 1 is 1.28 bits per heavy atom. The zero-order valence-electron chi connectivity index (χ0n) is 13.9. The first-order chi connectivity index (χ1) is 12.1. The van der Waals surface area contributed by atoms with Crippen molar-refractivity contribution in [3.8, 4) is 17.2 Å². The zero-order valence-corrected chi connectivity index (χ0v) is 13.9. The minimum absolute atomic E-state index is 0.178. The normalized spacial score (nSPS) is 18.0. The van der Waals surface area contributed by atoms with Crippen LogP contribution in [0.25, 0.3) is 11.1 Å². The van der Waals surface area contributed by atoms with Gasteiger partial charge in [0.05, 0.1) is 12.1 Å². The molecule has 1 heterocycles. The van der Waals surface area contributed by atoms with E-state index in [0.717, 1.165) is 17.5 Å². The molecule has 2 atom stereocenters. The number of carbonyl (C=O) groups is 1. The fourth-order valence-corrected chi connectivity index (χ4v) is 3.23. The van der Waals surface area contributed by atoms with Crippen LogP contribution in [0.5, 0.6) is 0 Å². The Morgan fingerprint density at radius 2 is 2.00 bits per heavy atom. The Labute approximate surface area is 146 Å². The van der Waals surface area contributed by atoms with Crippen molar-refractivity contribution in [3.05, 3.63) is 59.9 Å². The number of nitriles is 1. The molecule has 1 saturated heterocycles. The molecule has 128 valence electrons. The van der Waals surface area contributed by atoms with Crippen molar-refractivity contribution >= 4 is 5.91 Å². The van der Waals surface area contributed by atoms with Crippen molar-refractivity contribution in [1.82, 2.24) is 4.90 Å². The summed E-state index contributed by atoms with van der Waals surface area (Å²) in [5.41, 5.74) is 8.30. The molecular weight excluding hydrogens is 317 g/mol. The summed E-state index contributed by atoms with van der Waals surface area (Å²) in [4.78, 5) is 14.0. The van der Waals surface area contributed by atoms with Gasteiger partial charge < -0.3 is 10.6 Å². The van der Waals surface area contributed by atoms with E-state index < -0.39 is 6.04 Å². The van der Waals surface area contributed by atoms with E-state index >= 15 is 0 Å². The molecule has 0 bridgehead atoms. The summed E-state index contributed by atoms with van der Waals surface area (Å²) in [6.07, 6.45) is 1.95. The summed E-state index contributed by atoms with van der Waals surface area (Å²) in [5, 5.41) is 9.10. The van der Waals surface area contributed by atoms with Gasteiger partial charge in [0, 0.05) is 12.1 Å². The van der Waals surface area contributed by atoms with Crippen LogP contribution in [0.15, 0.2) is 48.5 Å². The summed E-state index contributed by atoms with van der Waals surface area (Å²) in [7, 11) is 0. The van der Waals surface area contributed by atoms with Crippen molar-refractivity contribution < 1.29 is 9.18 Å². The number of halogens is 1. The lowest BCUT2D eigenvalue weighted by Crippen LogP contribution is -2.46. The second kappa shape index (κ2) is 7.45. The van der Waals surface area contributed by atoms with Gasteiger partial charge in [-0.15, -0.1) is 0 Å². The molecule has 4 nitrogen and oxygen atoms in total. The Balaban J connectivity index is 1.68. The van der Waals surface area contributed by atoms with Gasteiger partial charge in [-0.05, 0) is 36.5 Å². The number of hydrogen-bond acceptors (Lipinski definition) is 3. The van der Waals surface area contributed by atoms with Crippen molar-refractivity contribution in [2.24, 2.45) is 5.73 Å². The van der Waals surface area contributed by atoms with Crippen LogP contribution in [0.2, 0.25) is 0 Å². The molecule has 2 aromatic rings. The van der Waals surface area contributed by atoms with Gasteiger partial charge in [0.1, 0.15) is 11.9 Å². The SMILES string of the molecule is N#C[C@@H]1CCCN1C(=O)[C@@H](N)Cc1ccc(-c2ccccc2F)cc1. The van der Waals surface area contributed by atoms with E-state index in [9.17, 15) is 9.18 Å². The van der Waals surface area contributed by atoms with Gasteiger partial charge in [-0.3, -0.25) is 4.79 Å². The van der Waals surface area contributed by atoms with E-state index in [1.54, 1.807) is 23.1 Å². The molecule has 0 aromatic heterocycles. The van der Waals surface area contributed by atoms with Crippen LogP contribution in [0.3, 0.4) is 0 Å². The summed E-state index contributed by atoms with van der Waals surface area (Å²) in [6, 6.07) is 15.1. The number of nitrogens with two attached hydrogens (primary N) is 1. The molecule has 1 fully saturated rings. The van der Waals surface area contributed by atoms with Gasteiger partial charge in [-0.1, -0.05) is 42.5 Å². The third kappa shape index (κ3) is 3.70. The monoisotopic (exact) mass is 337 g/mol. The summed E-state index contributed by atoms with van der Waals surface area (Å²) in [5.74, 6) is -0.444. The van der Waals surface area contributed by atoms with Crippen LogP contribution < -0.4 is 5.73 Å². The lowest BCUT2D eigenvalue weighted by molar-refractivity contribution is -0.132. The highest BCUT2D eigenvalue weighted by Gasteiger charge is 2.31. The van der Waals surface area contributed by atoms with Crippen LogP contribution in [0.4, 0.5) is 4.39 Å².